The molecule has 1 N–H and O–H groups in total. The van der Waals surface area contributed by atoms with E-state index in [-0.39, 0.29) is 6.10 Å². The number of unbranched alkanes of at least 4 members (excludes halogenated alkanes) is 1. The number of hydrogen-bond acceptors (Lipinski definition) is 2. The molecule has 0 aliphatic rings. The van der Waals surface area contributed by atoms with E-state index < -0.39 is 0 Å². The minimum atomic E-state index is -0.365. The van der Waals surface area contributed by atoms with Gasteiger partial charge in [0.2, 0.25) is 0 Å². The van der Waals surface area contributed by atoms with E-state index in [1.165, 1.54) is 0 Å². The van der Waals surface area contributed by atoms with Gasteiger partial charge in [0.25, 0.3) is 0 Å². The molecule has 0 aliphatic carbocycles. The number of rotatable bonds is 4. The molecule has 0 saturated carbocycles. The van der Waals surface area contributed by atoms with E-state index in [2.05, 4.69) is 21.9 Å². The molecule has 0 amide bonds. The minimum Gasteiger partial charge on any atom is -0.388 e. The molecule has 0 spiro atoms. The summed E-state index contributed by atoms with van der Waals surface area (Å²) in [6, 6.07) is 1.95. The summed E-state index contributed by atoms with van der Waals surface area (Å²) in [6.45, 7) is 0. The summed E-state index contributed by atoms with van der Waals surface area (Å²) in [5, 5.41) is 11.6. The lowest BCUT2D eigenvalue weighted by molar-refractivity contribution is 0.165. The molecule has 0 aliphatic heterocycles. The van der Waals surface area contributed by atoms with E-state index in [1.807, 2.05) is 11.4 Å². The smallest absolute Gasteiger partial charge is 0.0798 e. The second kappa shape index (κ2) is 5.43. The van der Waals surface area contributed by atoms with E-state index in [0.29, 0.717) is 0 Å². The average Bonchev–Trinajstić information content (AvgIpc) is 2.52. The lowest BCUT2D eigenvalue weighted by Gasteiger charge is -2.06. The van der Waals surface area contributed by atoms with Crippen LogP contribution in [-0.4, -0.2) is 5.11 Å². The highest BCUT2D eigenvalue weighted by Gasteiger charge is 2.08. The van der Waals surface area contributed by atoms with Crippen LogP contribution in [0.1, 0.15) is 30.9 Å². The highest BCUT2D eigenvalue weighted by Crippen LogP contribution is 2.27. The first kappa shape index (κ1) is 10.8. The van der Waals surface area contributed by atoms with Crippen LogP contribution < -0.4 is 0 Å². The Labute approximate surface area is 90.9 Å². The van der Waals surface area contributed by atoms with Gasteiger partial charge in [0.05, 0.1) is 9.89 Å². The maximum absolute atomic E-state index is 9.68. The van der Waals surface area contributed by atoms with Gasteiger partial charge in [0.1, 0.15) is 0 Å². The fourth-order valence-corrected chi connectivity index (χ4v) is 2.28. The van der Waals surface area contributed by atoms with Gasteiger partial charge in [-0.25, -0.2) is 0 Å². The molecule has 0 bridgehead atoms. The first-order valence-corrected chi connectivity index (χ1v) is 5.76. The fourth-order valence-electron chi connectivity index (χ4n) is 1.06. The Morgan fingerprint density at radius 3 is 3.00 bits per heavy atom. The topological polar surface area (TPSA) is 20.2 Å². The Kier molecular flexibility index (Phi) is 4.51. The van der Waals surface area contributed by atoms with Gasteiger partial charge >= 0.3 is 0 Å². The molecular weight excluding hydrogens is 248 g/mol. The first-order chi connectivity index (χ1) is 6.24. The van der Waals surface area contributed by atoms with Crippen LogP contribution >= 0.6 is 27.3 Å². The van der Waals surface area contributed by atoms with Gasteiger partial charge in [-0.1, -0.05) is 0 Å². The highest BCUT2D eigenvalue weighted by atomic mass is 79.9. The fraction of sp³-hybridized carbons (Fsp3) is 0.400. The van der Waals surface area contributed by atoms with Crippen molar-refractivity contribution in [3.05, 3.63) is 20.8 Å². The minimum absolute atomic E-state index is 0.365. The summed E-state index contributed by atoms with van der Waals surface area (Å²) in [6.07, 6.45) is 7.12. The lowest BCUT2D eigenvalue weighted by atomic mass is 10.1. The van der Waals surface area contributed by atoms with Crippen LogP contribution in [0.15, 0.2) is 15.2 Å². The molecule has 1 aromatic rings. The second-order valence-corrected chi connectivity index (χ2v) is 5.09. The number of halogens is 1. The first-order valence-electron chi connectivity index (χ1n) is 4.09. The normalized spacial score (nSPS) is 12.4. The number of hydrogen-bond donors (Lipinski definition) is 1. The Morgan fingerprint density at radius 2 is 2.46 bits per heavy atom. The van der Waals surface area contributed by atoms with Crippen LogP contribution in [0.25, 0.3) is 0 Å². The summed E-state index contributed by atoms with van der Waals surface area (Å²) in [5.74, 6) is 2.56. The monoisotopic (exact) mass is 258 g/mol. The van der Waals surface area contributed by atoms with Crippen molar-refractivity contribution in [3.63, 3.8) is 0 Å². The third-order valence-electron chi connectivity index (χ3n) is 1.77. The van der Waals surface area contributed by atoms with E-state index in [0.717, 1.165) is 28.6 Å². The number of terminal acetylenes is 1. The molecule has 13 heavy (non-hydrogen) atoms. The molecule has 1 heterocycles. The molecule has 0 radical (unpaired) electrons. The van der Waals surface area contributed by atoms with Crippen LogP contribution in [0, 0.1) is 12.3 Å². The summed E-state index contributed by atoms with van der Waals surface area (Å²) in [4.78, 5) is 0. The molecule has 1 atom stereocenters. The van der Waals surface area contributed by atoms with Crippen LogP contribution in [0.5, 0.6) is 0 Å². The Hall–Kier alpha value is -0.300. The second-order valence-electron chi connectivity index (χ2n) is 2.80. The molecule has 0 saturated heterocycles. The maximum atomic E-state index is 9.68. The molecule has 1 nitrogen and oxygen atoms in total. The Balaban J connectivity index is 2.40. The quantitative estimate of drug-likeness (QED) is 0.649. The van der Waals surface area contributed by atoms with Crippen molar-refractivity contribution in [2.45, 2.75) is 25.4 Å². The van der Waals surface area contributed by atoms with E-state index in [1.54, 1.807) is 11.3 Å². The van der Waals surface area contributed by atoms with Gasteiger partial charge in [0, 0.05) is 6.42 Å². The predicted octanol–water partition coefficient (Wildman–Crippen LogP) is 3.35. The SMILES string of the molecule is C#CCCCC(O)c1csc(Br)c1. The van der Waals surface area contributed by atoms with Crippen molar-refractivity contribution in [2.24, 2.45) is 0 Å². The van der Waals surface area contributed by atoms with Crippen molar-refractivity contribution >= 4 is 27.3 Å². The van der Waals surface area contributed by atoms with E-state index in [4.69, 9.17) is 6.42 Å². The third kappa shape index (κ3) is 3.51. The van der Waals surface area contributed by atoms with Gasteiger partial charge < -0.3 is 5.11 Å². The molecule has 70 valence electrons. The zero-order valence-electron chi connectivity index (χ0n) is 7.16. The van der Waals surface area contributed by atoms with Crippen LogP contribution in [-0.2, 0) is 0 Å². The van der Waals surface area contributed by atoms with Crippen molar-refractivity contribution in [1.82, 2.24) is 0 Å². The lowest BCUT2D eigenvalue weighted by Crippen LogP contribution is -1.94. The zero-order chi connectivity index (χ0) is 9.68. The molecule has 1 aromatic heterocycles. The molecule has 1 rings (SSSR count). The van der Waals surface area contributed by atoms with Crippen LogP contribution in [0.4, 0.5) is 0 Å². The van der Waals surface area contributed by atoms with Crippen molar-refractivity contribution in [2.75, 3.05) is 0 Å². The third-order valence-corrected chi connectivity index (χ3v) is 3.29. The van der Waals surface area contributed by atoms with Gasteiger partial charge in [-0.2, -0.15) is 0 Å². The van der Waals surface area contributed by atoms with Gasteiger partial charge in [-0.05, 0) is 45.8 Å². The highest BCUT2D eigenvalue weighted by molar-refractivity contribution is 9.11. The standard InChI is InChI=1S/C10H11BrOS/c1-2-3-4-5-9(12)8-6-10(11)13-7-8/h1,6-7,9,12H,3-5H2. The van der Waals surface area contributed by atoms with E-state index >= 15 is 0 Å². The van der Waals surface area contributed by atoms with Crippen LogP contribution in [0.3, 0.4) is 0 Å². The van der Waals surface area contributed by atoms with Gasteiger partial charge in [0.15, 0.2) is 0 Å². The van der Waals surface area contributed by atoms with Crippen molar-refractivity contribution < 1.29 is 5.11 Å². The average molecular weight is 259 g/mol. The van der Waals surface area contributed by atoms with Crippen LogP contribution in [0.2, 0.25) is 0 Å². The summed E-state index contributed by atoms with van der Waals surface area (Å²) in [5.41, 5.74) is 0.980. The van der Waals surface area contributed by atoms with Crippen molar-refractivity contribution in [3.8, 4) is 12.3 Å². The van der Waals surface area contributed by atoms with Crippen molar-refractivity contribution in [1.29, 1.82) is 0 Å². The van der Waals surface area contributed by atoms with E-state index in [9.17, 15) is 5.11 Å². The maximum Gasteiger partial charge on any atom is 0.0798 e. The molecule has 3 heteroatoms. The Morgan fingerprint density at radius 1 is 1.69 bits per heavy atom. The number of thiophene rings is 1. The summed E-state index contributed by atoms with van der Waals surface area (Å²) >= 11 is 4.95. The molecule has 1 unspecified atom stereocenters. The molecular formula is C10H11BrOS. The molecule has 0 aromatic carbocycles. The predicted molar refractivity (Wildman–Crippen MR) is 59.7 cm³/mol. The van der Waals surface area contributed by atoms with Gasteiger partial charge in [-0.15, -0.1) is 23.7 Å². The Bertz CT molecular complexity index is 300. The number of aliphatic hydroxyl groups excluding tert-OH is 1. The summed E-state index contributed by atoms with van der Waals surface area (Å²) < 4.78 is 1.05. The zero-order valence-corrected chi connectivity index (χ0v) is 9.57. The number of aliphatic hydroxyl groups is 1. The van der Waals surface area contributed by atoms with Gasteiger partial charge in [-0.3, -0.25) is 0 Å². The largest absolute Gasteiger partial charge is 0.388 e. The summed E-state index contributed by atoms with van der Waals surface area (Å²) in [7, 11) is 0. The molecule has 0 fully saturated rings.